The molecule has 0 radical (unpaired) electrons. The molecule has 5 nitrogen and oxygen atoms in total. The normalized spacial score (nSPS) is 12.2. The van der Waals surface area contributed by atoms with E-state index in [9.17, 15) is 0 Å². The molecular formula is C61H34N4OS. The zero-order valence-corrected chi connectivity index (χ0v) is 36.6. The molecule has 0 aliphatic carbocycles. The maximum absolute atomic E-state index is 6.81. The summed E-state index contributed by atoms with van der Waals surface area (Å²) in [6.45, 7) is 0. The van der Waals surface area contributed by atoms with Gasteiger partial charge >= 0.3 is 0 Å². The summed E-state index contributed by atoms with van der Waals surface area (Å²) in [4.78, 5) is 16.2. The van der Waals surface area contributed by atoms with E-state index in [4.69, 9.17) is 19.4 Å². The molecule has 0 amide bonds. The molecule has 15 aromatic rings. The van der Waals surface area contributed by atoms with Crippen LogP contribution in [0.5, 0.6) is 0 Å². The minimum Gasteiger partial charge on any atom is -0.456 e. The average molecular weight is 871 g/mol. The molecule has 0 unspecified atom stereocenters. The minimum absolute atomic E-state index is 0.590. The third kappa shape index (κ3) is 5.39. The first-order chi connectivity index (χ1) is 33.2. The van der Waals surface area contributed by atoms with Gasteiger partial charge in [-0.3, -0.25) is 0 Å². The summed E-state index contributed by atoms with van der Waals surface area (Å²) < 4.78 is 11.7. The summed E-state index contributed by atoms with van der Waals surface area (Å²) in [5.41, 5.74) is 7.84. The van der Waals surface area contributed by atoms with E-state index >= 15 is 0 Å². The van der Waals surface area contributed by atoms with Crippen LogP contribution in [-0.2, 0) is 0 Å². The summed E-state index contributed by atoms with van der Waals surface area (Å²) >= 11 is 1.80. The predicted octanol–water partition coefficient (Wildman–Crippen LogP) is 16.8. The molecule has 0 saturated carbocycles. The van der Waals surface area contributed by atoms with Gasteiger partial charge in [-0.2, -0.15) is 0 Å². The fraction of sp³-hybridized carbons (Fsp3) is 0. The number of rotatable bonds is 4. The number of thiophene rings is 1. The van der Waals surface area contributed by atoms with Crippen LogP contribution < -0.4 is 0 Å². The van der Waals surface area contributed by atoms with Gasteiger partial charge in [-0.25, -0.2) is 15.0 Å². The fourth-order valence-corrected chi connectivity index (χ4v) is 11.9. The van der Waals surface area contributed by atoms with Crippen molar-refractivity contribution in [1.82, 2.24) is 19.5 Å². The second kappa shape index (κ2) is 13.9. The molecule has 11 aromatic carbocycles. The Balaban J connectivity index is 1.02. The van der Waals surface area contributed by atoms with Crippen LogP contribution in [0.3, 0.4) is 0 Å². The highest BCUT2D eigenvalue weighted by Crippen LogP contribution is 2.45. The largest absolute Gasteiger partial charge is 0.456 e. The first kappa shape index (κ1) is 36.6. The second-order valence-corrected chi connectivity index (χ2v) is 18.6. The predicted molar refractivity (Wildman–Crippen MR) is 281 cm³/mol. The number of nitrogens with zero attached hydrogens (tertiary/aromatic N) is 4. The van der Waals surface area contributed by atoms with Crippen molar-refractivity contribution in [1.29, 1.82) is 0 Å². The van der Waals surface area contributed by atoms with Gasteiger partial charge in [0.1, 0.15) is 11.2 Å². The van der Waals surface area contributed by atoms with E-state index in [1.807, 2.05) is 0 Å². The molecule has 0 fully saturated rings. The Morgan fingerprint density at radius 1 is 0.343 bits per heavy atom. The van der Waals surface area contributed by atoms with E-state index in [0.29, 0.717) is 17.5 Å². The van der Waals surface area contributed by atoms with Gasteiger partial charge in [0.25, 0.3) is 0 Å². The molecule has 6 heteroatoms. The van der Waals surface area contributed by atoms with Crippen LogP contribution in [0.1, 0.15) is 0 Å². The van der Waals surface area contributed by atoms with Gasteiger partial charge in [-0.1, -0.05) is 158 Å². The van der Waals surface area contributed by atoms with Gasteiger partial charge in [-0.05, 0) is 86.2 Å². The van der Waals surface area contributed by atoms with Crippen molar-refractivity contribution in [2.75, 3.05) is 0 Å². The van der Waals surface area contributed by atoms with Gasteiger partial charge in [-0.15, -0.1) is 11.3 Å². The topological polar surface area (TPSA) is 56.7 Å². The Morgan fingerprint density at radius 3 is 1.75 bits per heavy atom. The molecule has 0 aliphatic heterocycles. The summed E-state index contributed by atoms with van der Waals surface area (Å²) in [5, 5.41) is 16.1. The maximum atomic E-state index is 6.81. The summed E-state index contributed by atoms with van der Waals surface area (Å²) in [7, 11) is 0. The Kier molecular flexibility index (Phi) is 7.59. The fourth-order valence-electron chi connectivity index (χ4n) is 10.8. The molecular weight excluding hydrogens is 837 g/mol. The lowest BCUT2D eigenvalue weighted by atomic mass is 9.99. The van der Waals surface area contributed by atoms with Crippen LogP contribution in [-0.4, -0.2) is 19.5 Å². The molecule has 4 aromatic heterocycles. The first-order valence-corrected chi connectivity index (χ1v) is 23.4. The number of hydrogen-bond donors (Lipinski definition) is 0. The van der Waals surface area contributed by atoms with Gasteiger partial charge in [0.05, 0.1) is 11.0 Å². The number of benzene rings is 11. The van der Waals surface area contributed by atoms with Gasteiger partial charge in [0, 0.05) is 69.5 Å². The van der Waals surface area contributed by atoms with Crippen molar-refractivity contribution in [3.8, 4) is 39.9 Å². The zero-order chi connectivity index (χ0) is 43.7. The van der Waals surface area contributed by atoms with Gasteiger partial charge < -0.3 is 8.98 Å². The second-order valence-electron chi connectivity index (χ2n) is 17.5. The molecule has 0 atom stereocenters. The Hall–Kier alpha value is -8.71. The zero-order valence-electron chi connectivity index (χ0n) is 35.7. The number of aromatic nitrogens is 4. The third-order valence-electron chi connectivity index (χ3n) is 13.8. The molecule has 0 bridgehead atoms. The van der Waals surface area contributed by atoms with Gasteiger partial charge in [0.15, 0.2) is 17.5 Å². The Labute approximate surface area is 386 Å². The van der Waals surface area contributed by atoms with E-state index in [1.54, 1.807) is 11.3 Å². The van der Waals surface area contributed by atoms with E-state index < -0.39 is 0 Å². The minimum atomic E-state index is 0.590. The van der Waals surface area contributed by atoms with Crippen LogP contribution in [0.2, 0.25) is 0 Å². The lowest BCUT2D eigenvalue weighted by Gasteiger charge is -2.13. The van der Waals surface area contributed by atoms with Crippen molar-refractivity contribution in [3.63, 3.8) is 0 Å². The molecule has 0 aliphatic rings. The molecule has 4 heterocycles. The highest BCUT2D eigenvalue weighted by atomic mass is 32.1. The molecule has 0 spiro atoms. The lowest BCUT2D eigenvalue weighted by molar-refractivity contribution is 0.669. The monoisotopic (exact) mass is 870 g/mol. The van der Waals surface area contributed by atoms with Crippen LogP contribution in [0.15, 0.2) is 211 Å². The van der Waals surface area contributed by atoms with Crippen LogP contribution in [0.25, 0.3) is 147 Å². The first-order valence-electron chi connectivity index (χ1n) is 22.6. The third-order valence-corrected chi connectivity index (χ3v) is 14.9. The number of furan rings is 1. The summed E-state index contributed by atoms with van der Waals surface area (Å²) in [6.07, 6.45) is 0. The molecule has 310 valence electrons. The molecule has 67 heavy (non-hydrogen) atoms. The van der Waals surface area contributed by atoms with Crippen molar-refractivity contribution in [2.45, 2.75) is 0 Å². The molecule has 15 rings (SSSR count). The smallest absolute Gasteiger partial charge is 0.164 e. The SMILES string of the molecule is c1ccc2cc3c(cc2c1)c1ccc2ccccc2c1n3-c1ccc2ccc3oc4cccc(-c5nc(-c6cccc7ccccc67)nc(-c6cccc7sc8ccccc8c67)n5)c4c3c2c1. The Morgan fingerprint density at radius 2 is 0.910 bits per heavy atom. The maximum Gasteiger partial charge on any atom is 0.164 e. The van der Waals surface area contributed by atoms with Crippen LogP contribution in [0.4, 0.5) is 0 Å². The van der Waals surface area contributed by atoms with E-state index in [2.05, 4.69) is 211 Å². The van der Waals surface area contributed by atoms with Crippen molar-refractivity contribution < 1.29 is 4.42 Å². The Bertz CT molecular complexity index is 4590. The highest BCUT2D eigenvalue weighted by Gasteiger charge is 2.23. The summed E-state index contributed by atoms with van der Waals surface area (Å²) in [6, 6.07) is 73.8. The van der Waals surface area contributed by atoms with Crippen LogP contribution >= 0.6 is 11.3 Å². The average Bonchev–Trinajstić information content (AvgIpc) is 4.07. The van der Waals surface area contributed by atoms with Crippen LogP contribution in [0, 0.1) is 0 Å². The van der Waals surface area contributed by atoms with Crippen molar-refractivity contribution in [2.24, 2.45) is 0 Å². The summed E-state index contributed by atoms with van der Waals surface area (Å²) in [5.74, 6) is 1.84. The number of hydrogen-bond acceptors (Lipinski definition) is 5. The van der Waals surface area contributed by atoms with E-state index in [-0.39, 0.29) is 0 Å². The molecule has 0 N–H and O–H groups in total. The highest BCUT2D eigenvalue weighted by molar-refractivity contribution is 7.25. The van der Waals surface area contributed by atoms with Crippen molar-refractivity contribution >= 4 is 118 Å². The van der Waals surface area contributed by atoms with Gasteiger partial charge in [0.2, 0.25) is 0 Å². The molecule has 0 saturated heterocycles. The quantitative estimate of drug-likeness (QED) is 0.177. The number of fused-ring (bicyclic) bond motifs is 15. The lowest BCUT2D eigenvalue weighted by Crippen LogP contribution is -2.01. The van der Waals surface area contributed by atoms with E-state index in [1.165, 1.54) is 58.1 Å². The van der Waals surface area contributed by atoms with Crippen molar-refractivity contribution in [3.05, 3.63) is 206 Å². The standard InChI is InChI=1S/C61H34N4OS/c1-2-15-39-33-50-49(32-38(39)14-1)43-30-27-36-13-4-6-18-42(36)58(43)65(50)40-29-26-37-28-31-52-57(48(37)34-40)56-47(21-10-23-51(56)66-52)61-63-59(44-20-9-16-35-12-3-5-17-41(35)44)62-60(64-61)46-22-11-25-54-55(46)45-19-7-8-24-53(45)67-54/h1-34H. The van der Waals surface area contributed by atoms with E-state index in [0.717, 1.165) is 71.2 Å².